The fourth-order valence-electron chi connectivity index (χ4n) is 1.91. The zero-order chi connectivity index (χ0) is 14.5. The molecule has 0 aliphatic heterocycles. The summed E-state index contributed by atoms with van der Waals surface area (Å²) in [6, 6.07) is 14.2. The molecule has 0 aliphatic rings. The van der Waals surface area contributed by atoms with E-state index in [0.29, 0.717) is 0 Å². The van der Waals surface area contributed by atoms with Crippen LogP contribution in [-0.2, 0) is 5.75 Å². The van der Waals surface area contributed by atoms with E-state index in [9.17, 15) is 0 Å². The average molecular weight is 286 g/mol. The summed E-state index contributed by atoms with van der Waals surface area (Å²) in [4.78, 5) is 1.22. The van der Waals surface area contributed by atoms with Crippen LogP contribution in [0.15, 0.2) is 52.5 Å². The predicted octanol–water partition coefficient (Wildman–Crippen LogP) is 3.69. The number of hydrogen-bond donors (Lipinski definition) is 2. The standard InChI is InChI=1S/C16H18N2OS/c1-11-7-8-14(9-12(11)2)20-10-13-5-3-4-6-15(13)16(17)18-19/h3-9,19H,10H2,1-2H3,(H2,17,18). The first kappa shape index (κ1) is 14.5. The van der Waals surface area contributed by atoms with Crippen LogP contribution in [0.25, 0.3) is 0 Å². The fraction of sp³-hybridized carbons (Fsp3) is 0.188. The molecule has 2 aromatic carbocycles. The first-order chi connectivity index (χ1) is 9.61. The number of oxime groups is 1. The minimum atomic E-state index is 0.154. The van der Waals surface area contributed by atoms with E-state index in [0.717, 1.165) is 16.9 Å². The molecule has 104 valence electrons. The van der Waals surface area contributed by atoms with Crippen molar-refractivity contribution in [3.05, 3.63) is 64.7 Å². The SMILES string of the molecule is Cc1ccc(SCc2ccccc2/C(N)=N/O)cc1C. The third-order valence-corrected chi connectivity index (χ3v) is 4.32. The summed E-state index contributed by atoms with van der Waals surface area (Å²) in [6.07, 6.45) is 0. The Kier molecular flexibility index (Phi) is 4.69. The lowest BCUT2D eigenvalue weighted by atomic mass is 10.1. The molecule has 0 saturated carbocycles. The van der Waals surface area contributed by atoms with Crippen LogP contribution in [-0.4, -0.2) is 11.0 Å². The van der Waals surface area contributed by atoms with Crippen molar-refractivity contribution in [3.63, 3.8) is 0 Å². The van der Waals surface area contributed by atoms with Crippen LogP contribution in [0.1, 0.15) is 22.3 Å². The largest absolute Gasteiger partial charge is 0.409 e. The van der Waals surface area contributed by atoms with Crippen molar-refractivity contribution in [1.29, 1.82) is 0 Å². The Morgan fingerprint density at radius 3 is 2.60 bits per heavy atom. The van der Waals surface area contributed by atoms with Crippen LogP contribution in [0.5, 0.6) is 0 Å². The van der Waals surface area contributed by atoms with Gasteiger partial charge in [-0.2, -0.15) is 0 Å². The van der Waals surface area contributed by atoms with Gasteiger partial charge in [-0.15, -0.1) is 11.8 Å². The van der Waals surface area contributed by atoms with Gasteiger partial charge in [-0.05, 0) is 42.7 Å². The van der Waals surface area contributed by atoms with Crippen molar-refractivity contribution < 1.29 is 5.21 Å². The molecule has 4 heteroatoms. The summed E-state index contributed by atoms with van der Waals surface area (Å²) in [7, 11) is 0. The molecule has 3 nitrogen and oxygen atoms in total. The van der Waals surface area contributed by atoms with Crippen LogP contribution in [0.3, 0.4) is 0 Å². The second-order valence-electron chi connectivity index (χ2n) is 4.68. The maximum absolute atomic E-state index is 8.82. The van der Waals surface area contributed by atoms with E-state index in [1.807, 2.05) is 24.3 Å². The first-order valence-corrected chi connectivity index (χ1v) is 7.36. The van der Waals surface area contributed by atoms with Crippen molar-refractivity contribution in [2.24, 2.45) is 10.9 Å². The highest BCUT2D eigenvalue weighted by molar-refractivity contribution is 7.98. The van der Waals surface area contributed by atoms with Gasteiger partial charge in [0, 0.05) is 16.2 Å². The monoisotopic (exact) mass is 286 g/mol. The number of rotatable bonds is 4. The molecule has 0 atom stereocenters. The lowest BCUT2D eigenvalue weighted by Gasteiger charge is -2.09. The number of amidine groups is 1. The molecule has 0 bridgehead atoms. The van der Waals surface area contributed by atoms with Crippen LogP contribution in [0.4, 0.5) is 0 Å². The Bertz CT molecular complexity index is 638. The zero-order valence-electron chi connectivity index (χ0n) is 11.6. The van der Waals surface area contributed by atoms with E-state index in [1.165, 1.54) is 16.0 Å². The second-order valence-corrected chi connectivity index (χ2v) is 5.73. The van der Waals surface area contributed by atoms with E-state index >= 15 is 0 Å². The summed E-state index contributed by atoms with van der Waals surface area (Å²) in [6.45, 7) is 4.22. The van der Waals surface area contributed by atoms with Gasteiger partial charge in [-0.3, -0.25) is 0 Å². The Morgan fingerprint density at radius 2 is 1.90 bits per heavy atom. The summed E-state index contributed by atoms with van der Waals surface area (Å²) in [5, 5.41) is 11.9. The molecule has 2 rings (SSSR count). The minimum Gasteiger partial charge on any atom is -0.409 e. The number of benzene rings is 2. The lowest BCUT2D eigenvalue weighted by molar-refractivity contribution is 0.318. The third-order valence-electron chi connectivity index (χ3n) is 3.27. The molecular weight excluding hydrogens is 268 g/mol. The zero-order valence-corrected chi connectivity index (χ0v) is 12.4. The molecule has 3 N–H and O–H groups in total. The van der Waals surface area contributed by atoms with Gasteiger partial charge in [0.1, 0.15) is 0 Å². The van der Waals surface area contributed by atoms with Gasteiger partial charge in [0.2, 0.25) is 0 Å². The van der Waals surface area contributed by atoms with Gasteiger partial charge >= 0.3 is 0 Å². The van der Waals surface area contributed by atoms with Crippen LogP contribution < -0.4 is 5.73 Å². The molecule has 0 amide bonds. The molecule has 0 spiro atoms. The van der Waals surface area contributed by atoms with E-state index in [4.69, 9.17) is 10.9 Å². The molecule has 0 aliphatic carbocycles. The highest BCUT2D eigenvalue weighted by Crippen LogP contribution is 2.26. The smallest absolute Gasteiger partial charge is 0.170 e. The molecular formula is C16H18N2OS. The Labute approximate surface area is 123 Å². The molecule has 0 radical (unpaired) electrons. The number of nitrogens with zero attached hydrogens (tertiary/aromatic N) is 1. The van der Waals surface area contributed by atoms with Crippen molar-refractivity contribution in [1.82, 2.24) is 0 Å². The molecule has 0 saturated heterocycles. The number of thioether (sulfide) groups is 1. The summed E-state index contributed by atoms with van der Waals surface area (Å²) >= 11 is 1.75. The predicted molar refractivity (Wildman–Crippen MR) is 84.4 cm³/mol. The average Bonchev–Trinajstić information content (AvgIpc) is 2.48. The van der Waals surface area contributed by atoms with Crippen molar-refractivity contribution in [3.8, 4) is 0 Å². The van der Waals surface area contributed by atoms with Crippen LogP contribution in [0.2, 0.25) is 0 Å². The summed E-state index contributed by atoms with van der Waals surface area (Å²) in [5.74, 6) is 0.941. The topological polar surface area (TPSA) is 58.6 Å². The normalized spacial score (nSPS) is 11.6. The quantitative estimate of drug-likeness (QED) is 0.296. The van der Waals surface area contributed by atoms with Gasteiger partial charge in [0.15, 0.2) is 5.84 Å². The van der Waals surface area contributed by atoms with Gasteiger partial charge in [0.25, 0.3) is 0 Å². The van der Waals surface area contributed by atoms with Gasteiger partial charge in [-0.25, -0.2) is 0 Å². The lowest BCUT2D eigenvalue weighted by Crippen LogP contribution is -2.15. The van der Waals surface area contributed by atoms with Crippen molar-refractivity contribution >= 4 is 17.6 Å². The fourth-order valence-corrected chi connectivity index (χ4v) is 2.91. The van der Waals surface area contributed by atoms with E-state index < -0.39 is 0 Å². The maximum atomic E-state index is 8.82. The highest BCUT2D eigenvalue weighted by Gasteiger charge is 2.07. The Balaban J connectivity index is 2.17. The van der Waals surface area contributed by atoms with Gasteiger partial charge in [0.05, 0.1) is 0 Å². The third kappa shape index (κ3) is 3.33. The molecule has 0 fully saturated rings. The maximum Gasteiger partial charge on any atom is 0.170 e. The second kappa shape index (κ2) is 6.48. The van der Waals surface area contributed by atoms with Gasteiger partial charge < -0.3 is 10.9 Å². The summed E-state index contributed by atoms with van der Waals surface area (Å²) in [5.41, 5.74) is 10.1. The number of hydrogen-bond acceptors (Lipinski definition) is 3. The molecule has 20 heavy (non-hydrogen) atoms. The van der Waals surface area contributed by atoms with Gasteiger partial charge in [-0.1, -0.05) is 35.5 Å². The minimum absolute atomic E-state index is 0.154. The van der Waals surface area contributed by atoms with Crippen molar-refractivity contribution in [2.45, 2.75) is 24.5 Å². The summed E-state index contributed by atoms with van der Waals surface area (Å²) < 4.78 is 0. The van der Waals surface area contributed by atoms with E-state index in [1.54, 1.807) is 11.8 Å². The molecule has 0 heterocycles. The van der Waals surface area contributed by atoms with Crippen molar-refractivity contribution in [2.75, 3.05) is 0 Å². The van der Waals surface area contributed by atoms with E-state index in [-0.39, 0.29) is 5.84 Å². The van der Waals surface area contributed by atoms with Crippen LogP contribution >= 0.6 is 11.8 Å². The number of nitrogens with two attached hydrogens (primary N) is 1. The van der Waals surface area contributed by atoms with Crippen LogP contribution in [0, 0.1) is 13.8 Å². The number of aryl methyl sites for hydroxylation is 2. The highest BCUT2D eigenvalue weighted by atomic mass is 32.2. The molecule has 0 aromatic heterocycles. The van der Waals surface area contributed by atoms with E-state index in [2.05, 4.69) is 37.2 Å². The first-order valence-electron chi connectivity index (χ1n) is 6.37. The molecule has 2 aromatic rings. The Morgan fingerprint density at radius 1 is 1.15 bits per heavy atom. The Hall–Kier alpha value is -1.94. The molecule has 0 unspecified atom stereocenters.